The van der Waals surface area contributed by atoms with E-state index in [4.69, 9.17) is 0 Å². The van der Waals surface area contributed by atoms with Crippen molar-refractivity contribution in [2.75, 3.05) is 51.6 Å². The Morgan fingerprint density at radius 2 is 1.96 bits per heavy atom. The Morgan fingerprint density at radius 3 is 2.72 bits per heavy atom. The zero-order chi connectivity index (χ0) is 17.5. The summed E-state index contributed by atoms with van der Waals surface area (Å²) in [7, 11) is 2.18. The van der Waals surface area contributed by atoms with E-state index in [1.807, 2.05) is 12.1 Å². The fourth-order valence-electron chi connectivity index (χ4n) is 3.74. The number of hydrogen-bond donors (Lipinski definition) is 2. The van der Waals surface area contributed by atoms with Crippen molar-refractivity contribution in [3.05, 3.63) is 29.8 Å². The summed E-state index contributed by atoms with van der Waals surface area (Å²) < 4.78 is 0. The van der Waals surface area contributed by atoms with Crippen molar-refractivity contribution in [2.24, 2.45) is 5.92 Å². The van der Waals surface area contributed by atoms with Crippen LogP contribution in [-0.4, -0.2) is 62.0 Å². The van der Waals surface area contributed by atoms with Crippen LogP contribution in [0.5, 0.6) is 0 Å². The van der Waals surface area contributed by atoms with Crippen molar-refractivity contribution < 1.29 is 4.79 Å². The molecule has 0 spiro atoms. The van der Waals surface area contributed by atoms with Crippen LogP contribution in [0.25, 0.3) is 0 Å². The number of likely N-dealkylation sites (N-methyl/N-ethyl adjacent to an activating group) is 1. The Balaban J connectivity index is 1.45. The van der Waals surface area contributed by atoms with Crippen LogP contribution in [0.3, 0.4) is 0 Å². The minimum atomic E-state index is 0.148. The van der Waals surface area contributed by atoms with Gasteiger partial charge in [-0.3, -0.25) is 9.69 Å². The minimum absolute atomic E-state index is 0.148. The van der Waals surface area contributed by atoms with E-state index >= 15 is 0 Å². The molecule has 2 fully saturated rings. The molecule has 2 N–H and O–H groups in total. The number of piperazine rings is 1. The molecular formula is C20H32N4O. The molecule has 2 aliphatic rings. The highest BCUT2D eigenvalue weighted by Crippen LogP contribution is 2.19. The van der Waals surface area contributed by atoms with Gasteiger partial charge in [0, 0.05) is 44.8 Å². The molecule has 0 radical (unpaired) electrons. The summed E-state index contributed by atoms with van der Waals surface area (Å²) in [5.41, 5.74) is 2.21. The zero-order valence-corrected chi connectivity index (χ0v) is 15.5. The number of rotatable bonds is 6. The summed E-state index contributed by atoms with van der Waals surface area (Å²) in [4.78, 5) is 17.1. The molecule has 0 aromatic heterocycles. The highest BCUT2D eigenvalue weighted by Gasteiger charge is 2.16. The van der Waals surface area contributed by atoms with Gasteiger partial charge in [0.25, 0.3) is 0 Å². The lowest BCUT2D eigenvalue weighted by Gasteiger charge is -2.32. The zero-order valence-electron chi connectivity index (χ0n) is 15.5. The predicted molar refractivity (Wildman–Crippen MR) is 103 cm³/mol. The molecule has 138 valence electrons. The maximum atomic E-state index is 12.2. The fourth-order valence-corrected chi connectivity index (χ4v) is 3.74. The molecule has 0 aliphatic carbocycles. The highest BCUT2D eigenvalue weighted by molar-refractivity contribution is 5.90. The first-order valence-electron chi connectivity index (χ1n) is 9.69. The third-order valence-corrected chi connectivity index (χ3v) is 5.45. The molecule has 0 saturated carbocycles. The lowest BCUT2D eigenvalue weighted by Crippen LogP contribution is -2.43. The Labute approximate surface area is 151 Å². The number of nitrogens with zero attached hydrogens (tertiary/aromatic N) is 2. The Hall–Kier alpha value is -1.43. The van der Waals surface area contributed by atoms with Crippen molar-refractivity contribution >= 4 is 11.6 Å². The smallest absolute Gasteiger partial charge is 0.224 e. The number of amides is 1. The number of anilines is 1. The van der Waals surface area contributed by atoms with Crippen LogP contribution in [0.1, 0.15) is 31.2 Å². The van der Waals surface area contributed by atoms with Gasteiger partial charge in [0.1, 0.15) is 0 Å². The maximum absolute atomic E-state index is 12.2. The first-order chi connectivity index (χ1) is 12.2. The lowest BCUT2D eigenvalue weighted by molar-refractivity contribution is -0.116. The van der Waals surface area contributed by atoms with Gasteiger partial charge < -0.3 is 15.5 Å². The normalized spacial score (nSPS) is 20.5. The van der Waals surface area contributed by atoms with Crippen molar-refractivity contribution in [1.82, 2.24) is 15.1 Å². The first-order valence-corrected chi connectivity index (χ1v) is 9.69. The Morgan fingerprint density at radius 1 is 1.20 bits per heavy atom. The third kappa shape index (κ3) is 6.10. The summed E-state index contributed by atoms with van der Waals surface area (Å²) >= 11 is 0. The number of carbonyl (C=O) groups excluding carboxylic acids is 1. The van der Waals surface area contributed by atoms with Gasteiger partial charge in [-0.05, 0) is 63.0 Å². The van der Waals surface area contributed by atoms with Gasteiger partial charge in [-0.15, -0.1) is 0 Å². The first kappa shape index (κ1) is 18.4. The van der Waals surface area contributed by atoms with E-state index in [-0.39, 0.29) is 5.91 Å². The largest absolute Gasteiger partial charge is 0.326 e. The van der Waals surface area contributed by atoms with E-state index in [1.165, 1.54) is 18.4 Å². The Bertz CT molecular complexity index is 548. The second kappa shape index (κ2) is 9.32. The van der Waals surface area contributed by atoms with E-state index in [1.54, 1.807) is 0 Å². The second-order valence-corrected chi connectivity index (χ2v) is 7.56. The van der Waals surface area contributed by atoms with E-state index in [9.17, 15) is 4.79 Å². The average molecular weight is 345 g/mol. The molecule has 0 unspecified atom stereocenters. The number of piperidine rings is 1. The molecule has 0 atom stereocenters. The van der Waals surface area contributed by atoms with E-state index < -0.39 is 0 Å². The summed E-state index contributed by atoms with van der Waals surface area (Å²) in [5, 5.41) is 6.46. The minimum Gasteiger partial charge on any atom is -0.326 e. The van der Waals surface area contributed by atoms with Gasteiger partial charge in [-0.2, -0.15) is 0 Å². The van der Waals surface area contributed by atoms with Crippen LogP contribution in [0.2, 0.25) is 0 Å². The van der Waals surface area contributed by atoms with E-state index in [0.717, 1.165) is 57.9 Å². The van der Waals surface area contributed by atoms with E-state index in [2.05, 4.69) is 39.6 Å². The third-order valence-electron chi connectivity index (χ3n) is 5.45. The maximum Gasteiger partial charge on any atom is 0.224 e. The number of hydrogen-bond acceptors (Lipinski definition) is 4. The van der Waals surface area contributed by atoms with Crippen LogP contribution in [0, 0.1) is 5.92 Å². The van der Waals surface area contributed by atoms with E-state index in [0.29, 0.717) is 12.3 Å². The quantitative estimate of drug-likeness (QED) is 0.830. The van der Waals surface area contributed by atoms with Crippen LogP contribution < -0.4 is 10.6 Å². The van der Waals surface area contributed by atoms with Crippen molar-refractivity contribution in [3.63, 3.8) is 0 Å². The van der Waals surface area contributed by atoms with Gasteiger partial charge in [0.15, 0.2) is 0 Å². The van der Waals surface area contributed by atoms with Gasteiger partial charge in [-0.25, -0.2) is 0 Å². The van der Waals surface area contributed by atoms with Crippen LogP contribution >= 0.6 is 0 Å². The van der Waals surface area contributed by atoms with Crippen molar-refractivity contribution in [3.8, 4) is 0 Å². The average Bonchev–Trinajstić information content (AvgIpc) is 2.63. The lowest BCUT2D eigenvalue weighted by atomic mass is 9.93. The molecule has 0 bridgehead atoms. The van der Waals surface area contributed by atoms with Gasteiger partial charge >= 0.3 is 0 Å². The molecule has 1 aromatic carbocycles. The van der Waals surface area contributed by atoms with Crippen LogP contribution in [0.4, 0.5) is 5.69 Å². The summed E-state index contributed by atoms with van der Waals surface area (Å²) in [6.07, 6.45) is 4.05. The molecule has 5 nitrogen and oxygen atoms in total. The molecule has 3 rings (SSSR count). The number of benzene rings is 1. The van der Waals surface area contributed by atoms with Crippen molar-refractivity contribution in [1.29, 1.82) is 0 Å². The summed E-state index contributed by atoms with van der Waals surface area (Å²) in [6, 6.07) is 8.33. The molecule has 2 aliphatic heterocycles. The molecular weight excluding hydrogens is 312 g/mol. The summed E-state index contributed by atoms with van der Waals surface area (Å²) in [5.74, 6) is 0.853. The fraction of sp³-hybridized carbons (Fsp3) is 0.650. The molecule has 2 heterocycles. The topological polar surface area (TPSA) is 47.6 Å². The monoisotopic (exact) mass is 344 g/mol. The molecule has 5 heteroatoms. The SMILES string of the molecule is CN1CCN(Cc2cccc(NC(=O)CCC3CCNCC3)c2)CC1. The molecule has 2 saturated heterocycles. The molecule has 1 aromatic rings. The van der Waals surface area contributed by atoms with Gasteiger partial charge in [0.2, 0.25) is 5.91 Å². The van der Waals surface area contributed by atoms with Crippen LogP contribution in [0.15, 0.2) is 24.3 Å². The van der Waals surface area contributed by atoms with Gasteiger partial charge in [-0.1, -0.05) is 12.1 Å². The molecule has 1 amide bonds. The second-order valence-electron chi connectivity index (χ2n) is 7.56. The number of nitrogens with one attached hydrogen (secondary N) is 2. The highest BCUT2D eigenvalue weighted by atomic mass is 16.1. The standard InChI is InChI=1S/C20H32N4O/c1-23-11-13-24(14-12-23)16-18-3-2-4-19(15-18)22-20(25)6-5-17-7-9-21-10-8-17/h2-4,15,17,21H,5-14,16H2,1H3,(H,22,25). The predicted octanol–water partition coefficient (Wildman–Crippen LogP) is 2.15. The molecule has 25 heavy (non-hydrogen) atoms. The summed E-state index contributed by atoms with van der Waals surface area (Å²) in [6.45, 7) is 7.65. The number of carbonyl (C=O) groups is 1. The van der Waals surface area contributed by atoms with Crippen LogP contribution in [-0.2, 0) is 11.3 Å². The van der Waals surface area contributed by atoms with Crippen molar-refractivity contribution in [2.45, 2.75) is 32.2 Å². The Kier molecular flexibility index (Phi) is 6.84. The van der Waals surface area contributed by atoms with Gasteiger partial charge in [0.05, 0.1) is 0 Å².